The monoisotopic (exact) mass is 272 g/mol. The van der Waals surface area contributed by atoms with Gasteiger partial charge in [-0.25, -0.2) is 4.79 Å². The lowest BCUT2D eigenvalue weighted by molar-refractivity contribution is -0.138. The second-order valence-corrected chi connectivity index (χ2v) is 5.95. The molecule has 0 unspecified atom stereocenters. The van der Waals surface area contributed by atoms with Crippen LogP contribution in [0.4, 0.5) is 4.79 Å². The number of nitrogens with one attached hydrogen (secondary N) is 1. The number of aliphatic carboxylic acids is 1. The van der Waals surface area contributed by atoms with E-state index >= 15 is 0 Å². The summed E-state index contributed by atoms with van der Waals surface area (Å²) in [6.45, 7) is 12.5. The largest absolute Gasteiger partial charge is 0.480 e. The zero-order valence-electron chi connectivity index (χ0n) is 12.9. The maximum Gasteiger partial charge on any atom is 0.323 e. The molecule has 2 N–H and O–H groups in total. The summed E-state index contributed by atoms with van der Waals surface area (Å²) in [7, 11) is 0. The number of urea groups is 1. The van der Waals surface area contributed by atoms with E-state index in [0.717, 1.165) is 0 Å². The van der Waals surface area contributed by atoms with Crippen molar-refractivity contribution in [1.82, 2.24) is 10.2 Å². The van der Waals surface area contributed by atoms with Crippen molar-refractivity contribution < 1.29 is 14.7 Å². The van der Waals surface area contributed by atoms with E-state index in [1.54, 1.807) is 0 Å². The molecule has 0 aliphatic heterocycles. The molecular formula is C14H28N2O3. The number of hydrogen-bond donors (Lipinski definition) is 2. The third kappa shape index (κ3) is 6.45. The first-order valence-electron chi connectivity index (χ1n) is 6.93. The van der Waals surface area contributed by atoms with Crippen LogP contribution < -0.4 is 5.32 Å². The number of rotatable bonds is 7. The normalized spacial score (nSPS) is 11.5. The average Bonchev–Trinajstić information content (AvgIpc) is 2.24. The van der Waals surface area contributed by atoms with Gasteiger partial charge in [-0.2, -0.15) is 0 Å². The smallest absolute Gasteiger partial charge is 0.323 e. The Hall–Kier alpha value is -1.26. The van der Waals surface area contributed by atoms with E-state index in [9.17, 15) is 9.59 Å². The number of amides is 2. The average molecular weight is 272 g/mol. The summed E-state index contributed by atoms with van der Waals surface area (Å²) >= 11 is 0. The second-order valence-electron chi connectivity index (χ2n) is 5.95. The fraction of sp³-hybridized carbons (Fsp3) is 0.857. The van der Waals surface area contributed by atoms with Crippen LogP contribution in [0.15, 0.2) is 0 Å². The van der Waals surface area contributed by atoms with Gasteiger partial charge in [-0.15, -0.1) is 0 Å². The van der Waals surface area contributed by atoms with E-state index in [-0.39, 0.29) is 18.6 Å². The SMILES string of the molecule is CC(C)C(CNC(=O)N(CC(=O)O)C(C)C)C(C)C. The summed E-state index contributed by atoms with van der Waals surface area (Å²) in [5, 5.41) is 11.7. The molecule has 0 bridgehead atoms. The van der Waals surface area contributed by atoms with Crippen LogP contribution in [0.5, 0.6) is 0 Å². The predicted molar refractivity (Wildman–Crippen MR) is 76.0 cm³/mol. The lowest BCUT2D eigenvalue weighted by Crippen LogP contribution is -2.48. The molecule has 112 valence electrons. The molecule has 0 aliphatic carbocycles. The van der Waals surface area contributed by atoms with Crippen molar-refractivity contribution in [2.24, 2.45) is 17.8 Å². The van der Waals surface area contributed by atoms with Gasteiger partial charge in [0.1, 0.15) is 6.54 Å². The minimum absolute atomic E-state index is 0.132. The molecule has 0 fully saturated rings. The predicted octanol–water partition coefficient (Wildman–Crippen LogP) is 2.42. The lowest BCUT2D eigenvalue weighted by Gasteiger charge is -2.29. The van der Waals surface area contributed by atoms with E-state index in [1.807, 2.05) is 13.8 Å². The van der Waals surface area contributed by atoms with E-state index in [0.29, 0.717) is 24.3 Å². The number of carbonyl (C=O) groups is 2. The molecule has 0 spiro atoms. The van der Waals surface area contributed by atoms with Crippen LogP contribution in [0, 0.1) is 17.8 Å². The molecule has 0 atom stereocenters. The van der Waals surface area contributed by atoms with Crippen molar-refractivity contribution in [1.29, 1.82) is 0 Å². The highest BCUT2D eigenvalue weighted by atomic mass is 16.4. The summed E-state index contributed by atoms with van der Waals surface area (Å²) in [5.74, 6) is 0.357. The molecule has 0 heterocycles. The maximum absolute atomic E-state index is 12.0. The topological polar surface area (TPSA) is 69.6 Å². The van der Waals surface area contributed by atoms with Gasteiger partial charge in [-0.3, -0.25) is 4.79 Å². The van der Waals surface area contributed by atoms with Crippen LogP contribution in [0.3, 0.4) is 0 Å². The van der Waals surface area contributed by atoms with Gasteiger partial charge < -0.3 is 15.3 Å². The standard InChI is InChI=1S/C14H28N2O3/c1-9(2)12(10(3)4)7-15-14(19)16(11(5)6)8-13(17)18/h9-12H,7-8H2,1-6H3,(H,15,19)(H,17,18). The summed E-state index contributed by atoms with van der Waals surface area (Å²) < 4.78 is 0. The van der Waals surface area contributed by atoms with Gasteiger partial charge in [0.05, 0.1) is 0 Å². The van der Waals surface area contributed by atoms with Crippen molar-refractivity contribution in [3.8, 4) is 0 Å². The molecule has 0 saturated carbocycles. The van der Waals surface area contributed by atoms with E-state index < -0.39 is 5.97 Å². The van der Waals surface area contributed by atoms with Crippen molar-refractivity contribution >= 4 is 12.0 Å². The third-order valence-corrected chi connectivity index (χ3v) is 3.39. The molecule has 5 nitrogen and oxygen atoms in total. The maximum atomic E-state index is 12.0. The quantitative estimate of drug-likeness (QED) is 0.747. The molecular weight excluding hydrogens is 244 g/mol. The fourth-order valence-corrected chi connectivity index (χ4v) is 2.18. The van der Waals surface area contributed by atoms with E-state index in [2.05, 4.69) is 33.0 Å². The minimum Gasteiger partial charge on any atom is -0.480 e. The first-order valence-corrected chi connectivity index (χ1v) is 6.93. The fourth-order valence-electron chi connectivity index (χ4n) is 2.18. The van der Waals surface area contributed by atoms with Gasteiger partial charge in [0, 0.05) is 12.6 Å². The molecule has 19 heavy (non-hydrogen) atoms. The van der Waals surface area contributed by atoms with E-state index in [4.69, 9.17) is 5.11 Å². The zero-order chi connectivity index (χ0) is 15.2. The van der Waals surface area contributed by atoms with Gasteiger partial charge in [0.2, 0.25) is 0 Å². The first-order chi connectivity index (χ1) is 8.66. The molecule has 5 heteroatoms. The molecule has 0 saturated heterocycles. The Morgan fingerprint density at radius 3 is 1.84 bits per heavy atom. The van der Waals surface area contributed by atoms with Gasteiger partial charge in [-0.1, -0.05) is 27.7 Å². The van der Waals surface area contributed by atoms with Crippen molar-refractivity contribution in [3.63, 3.8) is 0 Å². The molecule has 0 rings (SSSR count). The van der Waals surface area contributed by atoms with Crippen LogP contribution in [0.25, 0.3) is 0 Å². The first kappa shape index (κ1) is 17.7. The molecule has 0 aromatic heterocycles. The number of nitrogens with zero attached hydrogens (tertiary/aromatic N) is 1. The second kappa shape index (κ2) is 8.02. The van der Waals surface area contributed by atoms with Crippen LogP contribution in [-0.2, 0) is 4.79 Å². The Bertz CT molecular complexity index is 293. The highest BCUT2D eigenvalue weighted by Crippen LogP contribution is 2.19. The molecule has 0 aliphatic rings. The lowest BCUT2D eigenvalue weighted by atomic mass is 9.85. The Morgan fingerprint density at radius 2 is 1.53 bits per heavy atom. The van der Waals surface area contributed by atoms with Crippen molar-refractivity contribution in [2.75, 3.05) is 13.1 Å². The number of carboxylic acid groups (broad SMARTS) is 1. The Morgan fingerprint density at radius 1 is 1.05 bits per heavy atom. The summed E-state index contributed by atoms with van der Waals surface area (Å²) in [6, 6.07) is -0.434. The molecule has 0 radical (unpaired) electrons. The molecule has 2 amide bonds. The van der Waals surface area contributed by atoms with Crippen LogP contribution >= 0.6 is 0 Å². The van der Waals surface area contributed by atoms with Crippen LogP contribution in [0.2, 0.25) is 0 Å². The van der Waals surface area contributed by atoms with Gasteiger partial charge in [0.15, 0.2) is 0 Å². The Balaban J connectivity index is 4.52. The number of carbonyl (C=O) groups excluding carboxylic acids is 1. The highest BCUT2D eigenvalue weighted by molar-refractivity contribution is 5.80. The highest BCUT2D eigenvalue weighted by Gasteiger charge is 2.22. The molecule has 0 aromatic rings. The number of hydrogen-bond acceptors (Lipinski definition) is 2. The Labute approximate surface area is 116 Å². The van der Waals surface area contributed by atoms with Crippen molar-refractivity contribution in [2.45, 2.75) is 47.6 Å². The van der Waals surface area contributed by atoms with Gasteiger partial charge in [0.25, 0.3) is 0 Å². The van der Waals surface area contributed by atoms with Gasteiger partial charge in [-0.05, 0) is 31.6 Å². The van der Waals surface area contributed by atoms with Crippen molar-refractivity contribution in [3.05, 3.63) is 0 Å². The van der Waals surface area contributed by atoms with E-state index in [1.165, 1.54) is 4.90 Å². The zero-order valence-corrected chi connectivity index (χ0v) is 12.9. The summed E-state index contributed by atoms with van der Waals surface area (Å²) in [5.41, 5.74) is 0. The number of carboxylic acids is 1. The third-order valence-electron chi connectivity index (χ3n) is 3.39. The minimum atomic E-state index is -0.992. The van der Waals surface area contributed by atoms with Crippen LogP contribution in [-0.4, -0.2) is 41.1 Å². The summed E-state index contributed by atoms with van der Waals surface area (Å²) in [6.07, 6.45) is 0. The van der Waals surface area contributed by atoms with Gasteiger partial charge >= 0.3 is 12.0 Å². The van der Waals surface area contributed by atoms with Crippen LogP contribution in [0.1, 0.15) is 41.5 Å². The molecule has 0 aromatic carbocycles. The summed E-state index contributed by atoms with van der Waals surface area (Å²) in [4.78, 5) is 24.1. The Kier molecular flexibility index (Phi) is 7.49.